The summed E-state index contributed by atoms with van der Waals surface area (Å²) < 4.78 is 0. The summed E-state index contributed by atoms with van der Waals surface area (Å²) in [7, 11) is 0. The molecule has 1 aromatic heterocycles. The number of carbonyl (C=O) groups excluding carboxylic acids is 2. The molecule has 0 atom stereocenters. The number of halogens is 1. The maximum atomic E-state index is 11.5. The van der Waals surface area contributed by atoms with E-state index in [2.05, 4.69) is 10.3 Å². The highest BCUT2D eigenvalue weighted by molar-refractivity contribution is 7.99. The first kappa shape index (κ1) is 13.7. The van der Waals surface area contributed by atoms with Crippen molar-refractivity contribution in [2.24, 2.45) is 11.5 Å². The number of para-hydroxylation sites is 1. The van der Waals surface area contributed by atoms with Crippen molar-refractivity contribution in [3.05, 3.63) is 40.7 Å². The van der Waals surface area contributed by atoms with Crippen molar-refractivity contribution in [1.29, 1.82) is 0 Å². The van der Waals surface area contributed by atoms with Gasteiger partial charge >= 0.3 is 0 Å². The van der Waals surface area contributed by atoms with E-state index >= 15 is 0 Å². The molecule has 2 aromatic rings. The molecule has 8 heteroatoms. The number of carbonyl (C=O) groups is 2. The van der Waals surface area contributed by atoms with Crippen LogP contribution in [0.3, 0.4) is 0 Å². The second-order valence-corrected chi connectivity index (χ2v) is 5.71. The van der Waals surface area contributed by atoms with Crippen molar-refractivity contribution in [3.63, 3.8) is 0 Å². The SMILES string of the molecule is NC(=O)c1cccc2c1Nc1c(C(N)=O)cnc(Cl)c1S2. The van der Waals surface area contributed by atoms with Crippen LogP contribution in [0.25, 0.3) is 0 Å². The molecule has 1 aromatic carbocycles. The van der Waals surface area contributed by atoms with Gasteiger partial charge < -0.3 is 16.8 Å². The van der Waals surface area contributed by atoms with E-state index in [1.807, 2.05) is 6.07 Å². The fourth-order valence-electron chi connectivity index (χ4n) is 2.06. The van der Waals surface area contributed by atoms with Gasteiger partial charge in [-0.15, -0.1) is 0 Å². The van der Waals surface area contributed by atoms with Crippen molar-refractivity contribution in [3.8, 4) is 0 Å². The van der Waals surface area contributed by atoms with Gasteiger partial charge in [0.15, 0.2) is 0 Å². The Bertz CT molecular complexity index is 794. The van der Waals surface area contributed by atoms with E-state index in [4.69, 9.17) is 23.1 Å². The van der Waals surface area contributed by atoms with Crippen LogP contribution < -0.4 is 16.8 Å². The summed E-state index contributed by atoms with van der Waals surface area (Å²) in [6, 6.07) is 5.14. The molecule has 3 rings (SSSR count). The van der Waals surface area contributed by atoms with Crippen LogP contribution in [0.15, 0.2) is 34.2 Å². The Labute approximate surface area is 128 Å². The Hall–Kier alpha value is -2.25. The predicted octanol–water partition coefficient (Wildman–Crippen LogP) is 2.14. The molecule has 0 radical (unpaired) electrons. The fraction of sp³-hybridized carbons (Fsp3) is 0. The number of amides is 2. The molecular weight excluding hydrogens is 312 g/mol. The van der Waals surface area contributed by atoms with Gasteiger partial charge in [0.05, 0.1) is 27.4 Å². The third-order valence-electron chi connectivity index (χ3n) is 3.01. The summed E-state index contributed by atoms with van der Waals surface area (Å²) >= 11 is 7.37. The van der Waals surface area contributed by atoms with Crippen LogP contribution in [0.5, 0.6) is 0 Å². The van der Waals surface area contributed by atoms with E-state index in [9.17, 15) is 9.59 Å². The Morgan fingerprint density at radius 3 is 2.52 bits per heavy atom. The topological polar surface area (TPSA) is 111 Å². The maximum Gasteiger partial charge on any atom is 0.252 e. The van der Waals surface area contributed by atoms with E-state index in [1.54, 1.807) is 12.1 Å². The molecule has 0 spiro atoms. The highest BCUT2D eigenvalue weighted by Crippen LogP contribution is 2.48. The summed E-state index contributed by atoms with van der Waals surface area (Å²) in [4.78, 5) is 28.3. The summed E-state index contributed by atoms with van der Waals surface area (Å²) in [5.41, 5.74) is 12.2. The number of primary amides is 2. The van der Waals surface area contributed by atoms with Gasteiger partial charge in [-0.1, -0.05) is 29.4 Å². The van der Waals surface area contributed by atoms with Gasteiger partial charge in [0, 0.05) is 11.1 Å². The Kier molecular flexibility index (Phi) is 3.23. The molecule has 0 aliphatic carbocycles. The second kappa shape index (κ2) is 4.94. The molecule has 0 saturated carbocycles. The third kappa shape index (κ3) is 2.20. The first-order valence-corrected chi connectivity index (χ1v) is 7.04. The van der Waals surface area contributed by atoms with Gasteiger partial charge in [-0.05, 0) is 12.1 Å². The van der Waals surface area contributed by atoms with E-state index in [0.717, 1.165) is 4.90 Å². The number of pyridine rings is 1. The summed E-state index contributed by atoms with van der Waals surface area (Å²) in [6.45, 7) is 0. The number of benzene rings is 1. The molecule has 2 amide bonds. The summed E-state index contributed by atoms with van der Waals surface area (Å²) in [5.74, 6) is -1.20. The normalized spacial score (nSPS) is 12.0. The van der Waals surface area contributed by atoms with Crippen molar-refractivity contribution < 1.29 is 9.59 Å². The maximum absolute atomic E-state index is 11.5. The number of fused-ring (bicyclic) bond motifs is 2. The highest BCUT2D eigenvalue weighted by atomic mass is 35.5. The molecular formula is C13H9ClN4O2S. The first-order valence-electron chi connectivity index (χ1n) is 5.85. The number of nitrogens with two attached hydrogens (primary N) is 2. The number of nitrogens with zero attached hydrogens (tertiary/aromatic N) is 1. The number of aromatic nitrogens is 1. The van der Waals surface area contributed by atoms with Crippen LogP contribution >= 0.6 is 23.4 Å². The Balaban J connectivity index is 2.22. The molecule has 6 nitrogen and oxygen atoms in total. The molecule has 2 heterocycles. The van der Waals surface area contributed by atoms with E-state index < -0.39 is 11.8 Å². The van der Waals surface area contributed by atoms with Gasteiger partial charge in [-0.2, -0.15) is 0 Å². The zero-order chi connectivity index (χ0) is 15.1. The number of nitrogens with one attached hydrogen (secondary N) is 1. The second-order valence-electron chi connectivity index (χ2n) is 4.30. The molecule has 0 fully saturated rings. The van der Waals surface area contributed by atoms with Crippen LogP contribution in [-0.2, 0) is 0 Å². The van der Waals surface area contributed by atoms with Gasteiger partial charge in [-0.25, -0.2) is 4.98 Å². The number of hydrogen-bond acceptors (Lipinski definition) is 5. The fourth-order valence-corrected chi connectivity index (χ4v) is 3.35. The molecule has 1 aliphatic heterocycles. The van der Waals surface area contributed by atoms with Gasteiger partial charge in [0.25, 0.3) is 11.8 Å². The number of anilines is 2. The first-order chi connectivity index (χ1) is 9.99. The monoisotopic (exact) mass is 320 g/mol. The quantitative estimate of drug-likeness (QED) is 0.626. The van der Waals surface area contributed by atoms with Crippen LogP contribution in [0.1, 0.15) is 20.7 Å². The molecule has 0 saturated heterocycles. The smallest absolute Gasteiger partial charge is 0.252 e. The number of rotatable bonds is 2. The molecule has 5 N–H and O–H groups in total. The zero-order valence-electron chi connectivity index (χ0n) is 10.5. The number of hydrogen-bond donors (Lipinski definition) is 3. The van der Waals surface area contributed by atoms with Crippen LogP contribution in [0, 0.1) is 0 Å². The van der Waals surface area contributed by atoms with Crippen LogP contribution in [0.2, 0.25) is 5.15 Å². The minimum atomic E-state index is -0.636. The van der Waals surface area contributed by atoms with E-state index in [0.29, 0.717) is 21.8 Å². The Morgan fingerprint density at radius 1 is 1.14 bits per heavy atom. The molecule has 106 valence electrons. The average Bonchev–Trinajstić information content (AvgIpc) is 2.45. The van der Waals surface area contributed by atoms with Gasteiger partial charge in [0.2, 0.25) is 0 Å². The summed E-state index contributed by atoms with van der Waals surface area (Å²) in [6.07, 6.45) is 1.30. The van der Waals surface area contributed by atoms with E-state index in [-0.39, 0.29) is 10.7 Å². The standard InChI is InChI=1S/C13H9ClN4O2S/c14-11-10-9(6(4-17-11)13(16)20)18-8-5(12(15)19)2-1-3-7(8)21-10/h1-4,18H,(H2,15,19)(H2,16,20). The molecule has 1 aliphatic rings. The van der Waals surface area contributed by atoms with Crippen LogP contribution in [0.4, 0.5) is 11.4 Å². The lowest BCUT2D eigenvalue weighted by Crippen LogP contribution is -2.18. The average molecular weight is 321 g/mol. The highest BCUT2D eigenvalue weighted by Gasteiger charge is 2.26. The zero-order valence-corrected chi connectivity index (χ0v) is 12.1. The minimum absolute atomic E-state index is 0.201. The minimum Gasteiger partial charge on any atom is -0.366 e. The van der Waals surface area contributed by atoms with E-state index in [1.165, 1.54) is 18.0 Å². The third-order valence-corrected chi connectivity index (χ3v) is 4.57. The predicted molar refractivity (Wildman–Crippen MR) is 80.1 cm³/mol. The summed E-state index contributed by atoms with van der Waals surface area (Å²) in [5, 5.41) is 3.29. The van der Waals surface area contributed by atoms with Crippen molar-refractivity contribution in [2.75, 3.05) is 5.32 Å². The van der Waals surface area contributed by atoms with Crippen LogP contribution in [-0.4, -0.2) is 16.8 Å². The lowest BCUT2D eigenvalue weighted by molar-refractivity contribution is 0.0993. The molecule has 0 bridgehead atoms. The lowest BCUT2D eigenvalue weighted by Gasteiger charge is -2.24. The Morgan fingerprint density at radius 2 is 1.86 bits per heavy atom. The van der Waals surface area contributed by atoms with Gasteiger partial charge in [-0.3, -0.25) is 9.59 Å². The molecule has 0 unspecified atom stereocenters. The molecule has 21 heavy (non-hydrogen) atoms. The largest absolute Gasteiger partial charge is 0.366 e. The van der Waals surface area contributed by atoms with Gasteiger partial charge in [0.1, 0.15) is 5.15 Å². The lowest BCUT2D eigenvalue weighted by atomic mass is 10.1. The van der Waals surface area contributed by atoms with Crippen molar-refractivity contribution in [2.45, 2.75) is 9.79 Å². The van der Waals surface area contributed by atoms with Crippen molar-refractivity contribution in [1.82, 2.24) is 4.98 Å². The van der Waals surface area contributed by atoms with Crippen molar-refractivity contribution >= 4 is 46.6 Å².